The molecule has 1 aromatic carbocycles. The summed E-state index contributed by atoms with van der Waals surface area (Å²) in [6.45, 7) is 1.26. The van der Waals surface area contributed by atoms with Gasteiger partial charge in [-0.25, -0.2) is 32.8 Å². The van der Waals surface area contributed by atoms with Crippen molar-refractivity contribution in [2.24, 2.45) is 0 Å². The summed E-state index contributed by atoms with van der Waals surface area (Å²) in [5.74, 6) is -3.47. The predicted octanol–water partition coefficient (Wildman–Crippen LogP) is -0.707. The van der Waals surface area contributed by atoms with Gasteiger partial charge in [0.15, 0.2) is 5.82 Å². The van der Waals surface area contributed by atoms with Crippen molar-refractivity contribution < 1.29 is 49.3 Å². The zero-order chi connectivity index (χ0) is 18.0. The molecule has 0 aliphatic carbocycles. The number of aliphatic hydroxyl groups is 1. The van der Waals surface area contributed by atoms with Crippen molar-refractivity contribution in [3.8, 4) is 0 Å². The average molecular weight is 373 g/mol. The van der Waals surface area contributed by atoms with Crippen LogP contribution in [0.25, 0.3) is 0 Å². The molecule has 0 aliphatic rings. The van der Waals surface area contributed by atoms with Crippen LogP contribution in [0.1, 0.15) is 25.5 Å². The van der Waals surface area contributed by atoms with Crippen LogP contribution in [0.3, 0.4) is 0 Å². The van der Waals surface area contributed by atoms with Crippen LogP contribution in [0, 0.1) is 17.5 Å². The standard InChI is InChI=1S/C16H14F3N5O.Na.H/c1-10(15-14(19)5-20-7-22-15)16(25,6-24-9-21-8-23-24)12-3-2-11(17)4-13(12)18;;/h2-5,7-10,25H,6H2,1H3;;/q;+1;-1/t10-,16+;;/m0../s1. The smallest absolute Gasteiger partial charge is 1.00 e. The number of rotatable bonds is 5. The molecule has 0 aliphatic heterocycles. The summed E-state index contributed by atoms with van der Waals surface area (Å²) in [6.07, 6.45) is 4.66. The van der Waals surface area contributed by atoms with Crippen LogP contribution in [0.15, 0.2) is 43.4 Å². The van der Waals surface area contributed by atoms with Crippen LogP contribution in [0.2, 0.25) is 0 Å². The van der Waals surface area contributed by atoms with E-state index in [2.05, 4.69) is 20.1 Å². The van der Waals surface area contributed by atoms with Crippen LogP contribution in [0.5, 0.6) is 0 Å². The molecule has 10 heteroatoms. The van der Waals surface area contributed by atoms with E-state index in [4.69, 9.17) is 0 Å². The third-order valence-corrected chi connectivity index (χ3v) is 4.09. The first-order valence-corrected chi connectivity index (χ1v) is 7.37. The minimum atomic E-state index is -1.96. The molecule has 6 nitrogen and oxygen atoms in total. The van der Waals surface area contributed by atoms with Crippen molar-refractivity contribution in [1.29, 1.82) is 0 Å². The molecule has 1 N–H and O–H groups in total. The number of halogens is 3. The van der Waals surface area contributed by atoms with Gasteiger partial charge in [0.25, 0.3) is 0 Å². The second-order valence-corrected chi connectivity index (χ2v) is 5.62. The Morgan fingerprint density at radius 3 is 2.58 bits per heavy atom. The van der Waals surface area contributed by atoms with E-state index in [1.165, 1.54) is 24.3 Å². The maximum atomic E-state index is 14.4. The molecule has 0 radical (unpaired) electrons. The Morgan fingerprint density at radius 1 is 1.19 bits per heavy atom. The Bertz CT molecular complexity index is 886. The fourth-order valence-corrected chi connectivity index (χ4v) is 2.72. The number of nitrogens with zero attached hydrogens (tertiary/aromatic N) is 5. The molecular formula is C16H15F3N5NaO. The summed E-state index contributed by atoms with van der Waals surface area (Å²) >= 11 is 0. The van der Waals surface area contributed by atoms with Gasteiger partial charge in [-0.15, -0.1) is 0 Å². The molecule has 26 heavy (non-hydrogen) atoms. The monoisotopic (exact) mass is 373 g/mol. The quantitative estimate of drug-likeness (QED) is 0.599. The summed E-state index contributed by atoms with van der Waals surface area (Å²) in [4.78, 5) is 11.2. The fraction of sp³-hybridized carbons (Fsp3) is 0.250. The second kappa shape index (κ2) is 8.26. The topological polar surface area (TPSA) is 76.7 Å². The molecule has 2 heterocycles. The Hall–Kier alpha value is -1.81. The fourth-order valence-electron chi connectivity index (χ4n) is 2.72. The molecule has 2 atom stereocenters. The zero-order valence-electron chi connectivity index (χ0n) is 15.1. The van der Waals surface area contributed by atoms with Gasteiger partial charge in [0.2, 0.25) is 0 Å². The van der Waals surface area contributed by atoms with Gasteiger partial charge < -0.3 is 6.53 Å². The Morgan fingerprint density at radius 2 is 1.96 bits per heavy atom. The normalized spacial score (nSPS) is 14.3. The molecule has 0 spiro atoms. The first-order valence-electron chi connectivity index (χ1n) is 7.37. The van der Waals surface area contributed by atoms with Crippen LogP contribution >= 0.6 is 0 Å². The largest absolute Gasteiger partial charge is 1.00 e. The minimum Gasteiger partial charge on any atom is -1.00 e. The van der Waals surface area contributed by atoms with Crippen molar-refractivity contribution in [2.45, 2.75) is 25.0 Å². The van der Waals surface area contributed by atoms with Crippen molar-refractivity contribution in [3.05, 3.63) is 72.1 Å². The molecule has 0 fully saturated rings. The van der Waals surface area contributed by atoms with E-state index in [-0.39, 0.29) is 48.8 Å². The van der Waals surface area contributed by atoms with Crippen molar-refractivity contribution in [2.75, 3.05) is 0 Å². The van der Waals surface area contributed by atoms with Crippen molar-refractivity contribution in [1.82, 2.24) is 24.7 Å². The van der Waals surface area contributed by atoms with Crippen LogP contribution in [0.4, 0.5) is 13.2 Å². The van der Waals surface area contributed by atoms with Crippen molar-refractivity contribution >= 4 is 0 Å². The number of hydrogen-bond acceptors (Lipinski definition) is 5. The van der Waals surface area contributed by atoms with E-state index in [9.17, 15) is 18.3 Å². The summed E-state index contributed by atoms with van der Waals surface area (Å²) in [7, 11) is 0. The average Bonchev–Trinajstić information content (AvgIpc) is 3.07. The predicted molar refractivity (Wildman–Crippen MR) is 81.8 cm³/mol. The molecule has 0 saturated heterocycles. The van der Waals surface area contributed by atoms with Crippen LogP contribution in [-0.4, -0.2) is 29.8 Å². The molecule has 3 rings (SSSR count). The van der Waals surface area contributed by atoms with Gasteiger partial charge >= 0.3 is 29.6 Å². The summed E-state index contributed by atoms with van der Waals surface area (Å²) in [5, 5.41) is 15.2. The summed E-state index contributed by atoms with van der Waals surface area (Å²) in [5.41, 5.74) is -2.25. The maximum Gasteiger partial charge on any atom is 1.00 e. The van der Waals surface area contributed by atoms with Gasteiger partial charge in [-0.3, -0.25) is 0 Å². The Balaban J connectivity index is 0.00000182. The molecule has 3 aromatic rings. The van der Waals surface area contributed by atoms with Gasteiger partial charge in [-0.2, -0.15) is 5.10 Å². The van der Waals surface area contributed by atoms with Gasteiger partial charge in [-0.05, 0) is 6.07 Å². The van der Waals surface area contributed by atoms with E-state index in [0.29, 0.717) is 6.07 Å². The summed E-state index contributed by atoms with van der Waals surface area (Å²) < 4.78 is 43.0. The van der Waals surface area contributed by atoms with E-state index >= 15 is 0 Å². The van der Waals surface area contributed by atoms with Gasteiger partial charge in [0, 0.05) is 17.5 Å². The zero-order valence-corrected chi connectivity index (χ0v) is 16.1. The first kappa shape index (κ1) is 20.5. The molecule has 2 aromatic heterocycles. The SMILES string of the molecule is C[C@@H](c1ncncc1F)[C@](O)(Cn1cncn1)c1ccc(F)cc1F.[H-].[Na+]. The second-order valence-electron chi connectivity index (χ2n) is 5.62. The van der Waals surface area contributed by atoms with Crippen LogP contribution in [-0.2, 0) is 12.1 Å². The third-order valence-electron chi connectivity index (χ3n) is 4.09. The molecule has 0 amide bonds. The van der Waals surface area contributed by atoms with Crippen LogP contribution < -0.4 is 29.6 Å². The van der Waals surface area contributed by atoms with E-state index in [1.54, 1.807) is 0 Å². The van der Waals surface area contributed by atoms with Crippen molar-refractivity contribution in [3.63, 3.8) is 0 Å². The molecule has 0 saturated carbocycles. The van der Waals surface area contributed by atoms with Gasteiger partial charge in [0.05, 0.1) is 18.4 Å². The number of hydrogen-bond donors (Lipinski definition) is 1. The maximum absolute atomic E-state index is 14.4. The van der Waals surface area contributed by atoms with E-state index in [0.717, 1.165) is 24.7 Å². The third kappa shape index (κ3) is 3.96. The molecule has 132 valence electrons. The Kier molecular flexibility index (Phi) is 6.51. The summed E-state index contributed by atoms with van der Waals surface area (Å²) in [6, 6.07) is 2.80. The number of benzene rings is 1. The van der Waals surface area contributed by atoms with Gasteiger partial charge in [-0.1, -0.05) is 13.0 Å². The Labute approximate surface area is 170 Å². The molecule has 0 bridgehead atoms. The first-order chi connectivity index (χ1) is 11.9. The number of aromatic nitrogens is 5. The molecule has 0 unspecified atom stereocenters. The van der Waals surface area contributed by atoms with Gasteiger partial charge in [0.1, 0.15) is 36.2 Å². The van der Waals surface area contributed by atoms with E-state index in [1.807, 2.05) is 0 Å². The van der Waals surface area contributed by atoms with E-state index < -0.39 is 29.0 Å². The minimum absolute atomic E-state index is 0. The molecular weight excluding hydrogens is 358 g/mol.